The molecule has 1 aliphatic heterocycles. The summed E-state index contributed by atoms with van der Waals surface area (Å²) in [4.78, 5) is 18.6. The Kier molecular flexibility index (Phi) is 4.83. The zero-order chi connectivity index (χ0) is 15.4. The van der Waals surface area contributed by atoms with Crippen LogP contribution in [-0.4, -0.2) is 28.9 Å². The largest absolute Gasteiger partial charge is 0.343 e. The lowest BCUT2D eigenvalue weighted by Gasteiger charge is -2.31. The molecule has 22 heavy (non-hydrogen) atoms. The van der Waals surface area contributed by atoms with E-state index in [1.165, 1.54) is 17.1 Å². The molecule has 0 radical (unpaired) electrons. The minimum atomic E-state index is -0.241. The molecule has 0 spiro atoms. The van der Waals surface area contributed by atoms with Crippen molar-refractivity contribution < 1.29 is 9.18 Å². The number of rotatable bonds is 4. The normalized spacial score (nSPS) is 16.0. The van der Waals surface area contributed by atoms with Gasteiger partial charge in [0.05, 0.1) is 5.01 Å². The van der Waals surface area contributed by atoms with E-state index in [2.05, 4.69) is 4.98 Å². The van der Waals surface area contributed by atoms with Gasteiger partial charge in [-0.3, -0.25) is 4.79 Å². The SMILES string of the molecule is O=C(CCc1cccc(F)c1)N1CCC(c2nccs2)CC1. The number of halogens is 1. The van der Waals surface area contributed by atoms with Crippen LogP contribution in [0.1, 0.15) is 35.8 Å². The summed E-state index contributed by atoms with van der Waals surface area (Å²) in [6.45, 7) is 1.60. The van der Waals surface area contributed by atoms with Gasteiger partial charge in [0, 0.05) is 37.0 Å². The van der Waals surface area contributed by atoms with E-state index in [0.29, 0.717) is 18.8 Å². The Bertz CT molecular complexity index is 621. The number of hydrogen-bond acceptors (Lipinski definition) is 3. The molecule has 0 atom stereocenters. The van der Waals surface area contributed by atoms with E-state index < -0.39 is 0 Å². The van der Waals surface area contributed by atoms with Gasteiger partial charge in [-0.15, -0.1) is 11.3 Å². The smallest absolute Gasteiger partial charge is 0.222 e. The summed E-state index contributed by atoms with van der Waals surface area (Å²) >= 11 is 1.70. The van der Waals surface area contributed by atoms with E-state index in [4.69, 9.17) is 0 Å². The van der Waals surface area contributed by atoms with Crippen molar-refractivity contribution in [1.82, 2.24) is 9.88 Å². The standard InChI is InChI=1S/C17H19FN2OS/c18-15-3-1-2-13(12-15)4-5-16(21)20-9-6-14(7-10-20)17-19-8-11-22-17/h1-3,8,11-12,14H,4-7,9-10H2. The van der Waals surface area contributed by atoms with Crippen LogP contribution in [0.15, 0.2) is 35.8 Å². The predicted octanol–water partition coefficient (Wildman–Crippen LogP) is 3.62. The van der Waals surface area contributed by atoms with Crippen LogP contribution in [0.2, 0.25) is 0 Å². The van der Waals surface area contributed by atoms with Crippen molar-refractivity contribution in [3.8, 4) is 0 Å². The van der Waals surface area contributed by atoms with Crippen LogP contribution in [0.4, 0.5) is 4.39 Å². The van der Waals surface area contributed by atoms with Gasteiger partial charge in [-0.1, -0.05) is 12.1 Å². The zero-order valence-corrected chi connectivity index (χ0v) is 13.2. The van der Waals surface area contributed by atoms with Gasteiger partial charge in [0.15, 0.2) is 0 Å². The van der Waals surface area contributed by atoms with Crippen molar-refractivity contribution in [1.29, 1.82) is 0 Å². The van der Waals surface area contributed by atoms with Gasteiger partial charge >= 0.3 is 0 Å². The minimum Gasteiger partial charge on any atom is -0.343 e. The first-order chi connectivity index (χ1) is 10.7. The monoisotopic (exact) mass is 318 g/mol. The van der Waals surface area contributed by atoms with E-state index in [1.54, 1.807) is 17.4 Å². The maximum absolute atomic E-state index is 13.1. The molecule has 1 aromatic carbocycles. The van der Waals surface area contributed by atoms with E-state index in [0.717, 1.165) is 31.5 Å². The van der Waals surface area contributed by atoms with Gasteiger partial charge in [0.25, 0.3) is 0 Å². The summed E-state index contributed by atoms with van der Waals surface area (Å²) in [6.07, 6.45) is 4.86. The molecule has 0 unspecified atom stereocenters. The Morgan fingerprint density at radius 3 is 2.86 bits per heavy atom. The van der Waals surface area contributed by atoms with Gasteiger partial charge < -0.3 is 4.90 Å². The first-order valence-electron chi connectivity index (χ1n) is 7.64. The molecule has 0 bridgehead atoms. The van der Waals surface area contributed by atoms with Crippen molar-refractivity contribution in [2.45, 2.75) is 31.6 Å². The number of aryl methyl sites for hydroxylation is 1. The fourth-order valence-electron chi connectivity index (χ4n) is 2.91. The van der Waals surface area contributed by atoms with Crippen molar-refractivity contribution in [3.63, 3.8) is 0 Å². The van der Waals surface area contributed by atoms with Gasteiger partial charge in [0.1, 0.15) is 5.82 Å². The van der Waals surface area contributed by atoms with Crippen LogP contribution in [0, 0.1) is 5.82 Å². The maximum Gasteiger partial charge on any atom is 0.222 e. The predicted molar refractivity (Wildman–Crippen MR) is 85.4 cm³/mol. The van der Waals surface area contributed by atoms with Crippen LogP contribution in [-0.2, 0) is 11.2 Å². The van der Waals surface area contributed by atoms with Crippen molar-refractivity contribution in [2.24, 2.45) is 0 Å². The molecule has 1 saturated heterocycles. The van der Waals surface area contributed by atoms with E-state index in [-0.39, 0.29) is 11.7 Å². The molecule has 1 fully saturated rings. The molecule has 0 saturated carbocycles. The average Bonchev–Trinajstić information content (AvgIpc) is 3.07. The van der Waals surface area contributed by atoms with Gasteiger partial charge in [-0.25, -0.2) is 9.37 Å². The molecule has 1 aromatic heterocycles. The van der Waals surface area contributed by atoms with E-state index in [9.17, 15) is 9.18 Å². The first kappa shape index (κ1) is 15.2. The highest BCUT2D eigenvalue weighted by atomic mass is 32.1. The number of hydrogen-bond donors (Lipinski definition) is 0. The summed E-state index contributed by atoms with van der Waals surface area (Å²) in [5, 5.41) is 3.19. The molecule has 0 N–H and O–H groups in total. The molecule has 3 rings (SSSR count). The molecule has 116 valence electrons. The highest BCUT2D eigenvalue weighted by Crippen LogP contribution is 2.29. The number of nitrogens with zero attached hydrogens (tertiary/aromatic N) is 2. The molecule has 2 heterocycles. The third kappa shape index (κ3) is 3.71. The third-order valence-corrected chi connectivity index (χ3v) is 5.10. The lowest BCUT2D eigenvalue weighted by Crippen LogP contribution is -2.38. The molecule has 0 aliphatic carbocycles. The summed E-state index contributed by atoms with van der Waals surface area (Å²) in [5.74, 6) is 0.420. The number of carbonyl (C=O) groups excluding carboxylic acids is 1. The fourth-order valence-corrected chi connectivity index (χ4v) is 3.72. The first-order valence-corrected chi connectivity index (χ1v) is 8.52. The van der Waals surface area contributed by atoms with Gasteiger partial charge in [0.2, 0.25) is 5.91 Å². The van der Waals surface area contributed by atoms with Crippen molar-refractivity contribution in [2.75, 3.05) is 13.1 Å². The van der Waals surface area contributed by atoms with E-state index >= 15 is 0 Å². The Morgan fingerprint density at radius 2 is 2.18 bits per heavy atom. The third-order valence-electron chi connectivity index (χ3n) is 4.16. The quantitative estimate of drug-likeness (QED) is 0.862. The minimum absolute atomic E-state index is 0.168. The molecule has 2 aromatic rings. The topological polar surface area (TPSA) is 33.2 Å². The number of benzene rings is 1. The zero-order valence-electron chi connectivity index (χ0n) is 12.4. The van der Waals surface area contributed by atoms with Crippen LogP contribution in [0.25, 0.3) is 0 Å². The summed E-state index contributed by atoms with van der Waals surface area (Å²) in [7, 11) is 0. The Morgan fingerprint density at radius 1 is 1.36 bits per heavy atom. The highest BCUT2D eigenvalue weighted by molar-refractivity contribution is 7.09. The molecule has 1 amide bonds. The van der Waals surface area contributed by atoms with Crippen LogP contribution in [0.3, 0.4) is 0 Å². The van der Waals surface area contributed by atoms with Crippen LogP contribution in [0.5, 0.6) is 0 Å². The lowest BCUT2D eigenvalue weighted by atomic mass is 9.97. The Labute approximate surface area is 133 Å². The second-order valence-electron chi connectivity index (χ2n) is 5.66. The number of amides is 1. The van der Waals surface area contributed by atoms with Crippen molar-refractivity contribution in [3.05, 3.63) is 52.2 Å². The average molecular weight is 318 g/mol. The van der Waals surface area contributed by atoms with E-state index in [1.807, 2.05) is 22.5 Å². The fraction of sp³-hybridized carbons (Fsp3) is 0.412. The number of carbonyl (C=O) groups is 1. The molecule has 5 heteroatoms. The molecular formula is C17H19FN2OS. The number of likely N-dealkylation sites (tertiary alicyclic amines) is 1. The van der Waals surface area contributed by atoms with Crippen LogP contribution >= 0.6 is 11.3 Å². The van der Waals surface area contributed by atoms with Gasteiger partial charge in [-0.2, -0.15) is 0 Å². The van der Waals surface area contributed by atoms with Gasteiger partial charge in [-0.05, 0) is 37.0 Å². The Balaban J connectivity index is 1.48. The van der Waals surface area contributed by atoms with Crippen LogP contribution < -0.4 is 0 Å². The number of aromatic nitrogens is 1. The summed E-state index contributed by atoms with van der Waals surface area (Å²) in [5.41, 5.74) is 0.881. The second-order valence-corrected chi connectivity index (χ2v) is 6.58. The maximum atomic E-state index is 13.1. The number of thiazole rings is 1. The number of piperidine rings is 1. The highest BCUT2D eigenvalue weighted by Gasteiger charge is 2.24. The second kappa shape index (κ2) is 7.01. The molecular weight excluding hydrogens is 299 g/mol. The molecule has 3 nitrogen and oxygen atoms in total. The summed E-state index contributed by atoms with van der Waals surface area (Å²) < 4.78 is 13.1. The Hall–Kier alpha value is -1.75. The van der Waals surface area contributed by atoms with Crippen molar-refractivity contribution >= 4 is 17.2 Å². The lowest BCUT2D eigenvalue weighted by molar-refractivity contribution is -0.132. The summed E-state index contributed by atoms with van der Waals surface area (Å²) in [6, 6.07) is 6.48. The molecule has 1 aliphatic rings.